The van der Waals surface area contributed by atoms with Gasteiger partial charge < -0.3 is 10.1 Å². The minimum absolute atomic E-state index is 0.680. The normalized spacial score (nSPS) is 9.62. The molecule has 0 aliphatic rings. The second kappa shape index (κ2) is 7.92. The minimum atomic E-state index is 0.680. The Labute approximate surface area is 98.0 Å². The molecule has 1 aromatic carbocycles. The van der Waals surface area contributed by atoms with Gasteiger partial charge in [-0.25, -0.2) is 0 Å². The zero-order valence-corrected chi connectivity index (χ0v) is 10.0. The molecule has 0 spiro atoms. The second-order valence-electron chi connectivity index (χ2n) is 3.60. The molecule has 0 radical (unpaired) electrons. The molecule has 1 aromatic rings. The Morgan fingerprint density at radius 2 is 1.88 bits per heavy atom. The number of hydrogen-bond acceptors (Lipinski definition) is 2. The Bertz CT molecular complexity index is 345. The van der Waals surface area contributed by atoms with Crippen LogP contribution in [-0.2, 0) is 17.9 Å². The van der Waals surface area contributed by atoms with E-state index in [2.05, 4.69) is 41.4 Å². The lowest BCUT2D eigenvalue weighted by Gasteiger charge is -2.04. The number of nitrogens with one attached hydrogen (secondary N) is 1. The van der Waals surface area contributed by atoms with Crippen LogP contribution in [0.5, 0.6) is 0 Å². The van der Waals surface area contributed by atoms with Gasteiger partial charge in [-0.05, 0) is 18.1 Å². The molecular formula is C14H19NO. The van der Waals surface area contributed by atoms with Crippen molar-refractivity contribution in [3.8, 4) is 11.8 Å². The van der Waals surface area contributed by atoms with Crippen molar-refractivity contribution in [3.63, 3.8) is 0 Å². The first-order valence-corrected chi connectivity index (χ1v) is 5.54. The molecule has 0 fully saturated rings. The standard InChI is InChI=1S/C14H19NO/c1-3-4-5-10-15-11-13-6-8-14(9-7-13)12-16-2/h6-9,15H,5,10-12H2,1-2H3. The fourth-order valence-electron chi connectivity index (χ4n) is 1.43. The van der Waals surface area contributed by atoms with E-state index >= 15 is 0 Å². The maximum absolute atomic E-state index is 5.06. The van der Waals surface area contributed by atoms with Crippen LogP contribution < -0.4 is 5.32 Å². The molecule has 16 heavy (non-hydrogen) atoms. The number of ether oxygens (including phenoxy) is 1. The van der Waals surface area contributed by atoms with Gasteiger partial charge in [0.05, 0.1) is 6.61 Å². The fraction of sp³-hybridized carbons (Fsp3) is 0.429. The van der Waals surface area contributed by atoms with Crippen LogP contribution in [0.3, 0.4) is 0 Å². The third-order valence-corrected chi connectivity index (χ3v) is 2.27. The van der Waals surface area contributed by atoms with Gasteiger partial charge in [0, 0.05) is 26.6 Å². The van der Waals surface area contributed by atoms with Crippen molar-refractivity contribution < 1.29 is 4.74 Å². The highest BCUT2D eigenvalue weighted by molar-refractivity contribution is 5.21. The number of hydrogen-bond donors (Lipinski definition) is 1. The van der Waals surface area contributed by atoms with Crippen molar-refractivity contribution in [2.45, 2.75) is 26.5 Å². The Kier molecular flexibility index (Phi) is 6.32. The van der Waals surface area contributed by atoms with E-state index in [1.165, 1.54) is 11.1 Å². The molecule has 0 aliphatic heterocycles. The summed E-state index contributed by atoms with van der Waals surface area (Å²) in [5.41, 5.74) is 2.51. The van der Waals surface area contributed by atoms with Crippen LogP contribution >= 0.6 is 0 Å². The third kappa shape index (κ3) is 4.97. The molecule has 0 saturated carbocycles. The van der Waals surface area contributed by atoms with E-state index in [1.807, 2.05) is 6.92 Å². The molecule has 1 rings (SSSR count). The van der Waals surface area contributed by atoms with E-state index < -0.39 is 0 Å². The summed E-state index contributed by atoms with van der Waals surface area (Å²) >= 11 is 0. The lowest BCUT2D eigenvalue weighted by Crippen LogP contribution is -2.14. The Balaban J connectivity index is 2.28. The molecule has 0 saturated heterocycles. The summed E-state index contributed by atoms with van der Waals surface area (Å²) in [5.74, 6) is 5.92. The molecule has 86 valence electrons. The molecule has 0 heterocycles. The van der Waals surface area contributed by atoms with Crippen LogP contribution in [0.1, 0.15) is 24.5 Å². The summed E-state index contributed by atoms with van der Waals surface area (Å²) in [4.78, 5) is 0. The molecule has 1 N–H and O–H groups in total. The summed E-state index contributed by atoms with van der Waals surface area (Å²) in [7, 11) is 1.71. The van der Waals surface area contributed by atoms with E-state index in [4.69, 9.17) is 4.74 Å². The first kappa shape index (κ1) is 12.8. The summed E-state index contributed by atoms with van der Waals surface area (Å²) in [6.45, 7) is 4.40. The molecule has 0 bridgehead atoms. The number of rotatable bonds is 6. The topological polar surface area (TPSA) is 21.3 Å². The quantitative estimate of drug-likeness (QED) is 0.583. The molecule has 0 unspecified atom stereocenters. The van der Waals surface area contributed by atoms with Crippen molar-refractivity contribution >= 4 is 0 Å². The van der Waals surface area contributed by atoms with Gasteiger partial charge in [0.25, 0.3) is 0 Å². The second-order valence-corrected chi connectivity index (χ2v) is 3.60. The van der Waals surface area contributed by atoms with Gasteiger partial charge >= 0.3 is 0 Å². The first-order valence-electron chi connectivity index (χ1n) is 5.54. The van der Waals surface area contributed by atoms with Crippen molar-refractivity contribution in [2.75, 3.05) is 13.7 Å². The van der Waals surface area contributed by atoms with Crippen molar-refractivity contribution in [3.05, 3.63) is 35.4 Å². The molecule has 0 aliphatic carbocycles. The van der Waals surface area contributed by atoms with Gasteiger partial charge in [-0.15, -0.1) is 11.8 Å². The summed E-state index contributed by atoms with van der Waals surface area (Å²) in [6.07, 6.45) is 0.915. The van der Waals surface area contributed by atoms with Crippen LogP contribution in [0.25, 0.3) is 0 Å². The fourth-order valence-corrected chi connectivity index (χ4v) is 1.43. The van der Waals surface area contributed by atoms with Crippen molar-refractivity contribution in [2.24, 2.45) is 0 Å². The zero-order chi connectivity index (χ0) is 11.6. The van der Waals surface area contributed by atoms with Gasteiger partial charge in [-0.3, -0.25) is 0 Å². The molecular weight excluding hydrogens is 198 g/mol. The van der Waals surface area contributed by atoms with Gasteiger partial charge in [0.15, 0.2) is 0 Å². The third-order valence-electron chi connectivity index (χ3n) is 2.27. The average Bonchev–Trinajstić information content (AvgIpc) is 2.31. The summed E-state index contributed by atoms with van der Waals surface area (Å²) in [5, 5.41) is 3.35. The highest BCUT2D eigenvalue weighted by Crippen LogP contribution is 2.05. The van der Waals surface area contributed by atoms with E-state index in [0.29, 0.717) is 6.61 Å². The number of methoxy groups -OCH3 is 1. The van der Waals surface area contributed by atoms with Crippen LogP contribution in [0.2, 0.25) is 0 Å². The SMILES string of the molecule is CC#CCCNCc1ccc(COC)cc1. The summed E-state index contributed by atoms with van der Waals surface area (Å²) in [6, 6.07) is 8.47. The van der Waals surface area contributed by atoms with E-state index in [-0.39, 0.29) is 0 Å². The molecule has 2 heteroatoms. The van der Waals surface area contributed by atoms with E-state index in [1.54, 1.807) is 7.11 Å². The molecule has 0 atom stereocenters. The Morgan fingerprint density at radius 3 is 2.50 bits per heavy atom. The summed E-state index contributed by atoms with van der Waals surface area (Å²) < 4.78 is 5.06. The average molecular weight is 217 g/mol. The monoisotopic (exact) mass is 217 g/mol. The number of benzene rings is 1. The van der Waals surface area contributed by atoms with E-state index in [9.17, 15) is 0 Å². The molecule has 0 amide bonds. The highest BCUT2D eigenvalue weighted by atomic mass is 16.5. The van der Waals surface area contributed by atoms with E-state index in [0.717, 1.165) is 19.5 Å². The smallest absolute Gasteiger partial charge is 0.0713 e. The maximum Gasteiger partial charge on any atom is 0.0713 e. The molecule has 0 aromatic heterocycles. The molecule has 2 nitrogen and oxygen atoms in total. The lowest BCUT2D eigenvalue weighted by molar-refractivity contribution is 0.185. The van der Waals surface area contributed by atoms with Crippen LogP contribution in [0.4, 0.5) is 0 Å². The van der Waals surface area contributed by atoms with Gasteiger partial charge in [-0.2, -0.15) is 0 Å². The zero-order valence-electron chi connectivity index (χ0n) is 10.0. The van der Waals surface area contributed by atoms with Crippen LogP contribution in [0.15, 0.2) is 24.3 Å². The van der Waals surface area contributed by atoms with Gasteiger partial charge in [-0.1, -0.05) is 24.3 Å². The maximum atomic E-state index is 5.06. The predicted octanol–water partition coefficient (Wildman–Crippen LogP) is 2.34. The highest BCUT2D eigenvalue weighted by Gasteiger charge is 1.94. The Morgan fingerprint density at radius 1 is 1.19 bits per heavy atom. The van der Waals surface area contributed by atoms with Gasteiger partial charge in [0.2, 0.25) is 0 Å². The Hall–Kier alpha value is -1.30. The largest absolute Gasteiger partial charge is 0.380 e. The van der Waals surface area contributed by atoms with Crippen molar-refractivity contribution in [1.82, 2.24) is 5.32 Å². The lowest BCUT2D eigenvalue weighted by atomic mass is 10.1. The van der Waals surface area contributed by atoms with Crippen LogP contribution in [0, 0.1) is 11.8 Å². The minimum Gasteiger partial charge on any atom is -0.380 e. The van der Waals surface area contributed by atoms with Crippen LogP contribution in [-0.4, -0.2) is 13.7 Å². The first-order chi connectivity index (χ1) is 7.86. The van der Waals surface area contributed by atoms with Crippen molar-refractivity contribution in [1.29, 1.82) is 0 Å². The predicted molar refractivity (Wildman–Crippen MR) is 66.9 cm³/mol. The van der Waals surface area contributed by atoms with Gasteiger partial charge in [0.1, 0.15) is 0 Å².